The lowest BCUT2D eigenvalue weighted by Gasteiger charge is -2.07. The molecule has 0 amide bonds. The summed E-state index contributed by atoms with van der Waals surface area (Å²) in [7, 11) is 0. The molecular weight excluding hydrogens is 206 g/mol. The maximum atomic E-state index is 10.7. The van der Waals surface area contributed by atoms with Crippen LogP contribution in [0.2, 0.25) is 5.02 Å². The van der Waals surface area contributed by atoms with Gasteiger partial charge in [-0.25, -0.2) is 0 Å². The van der Waals surface area contributed by atoms with E-state index in [0.29, 0.717) is 5.69 Å². The van der Waals surface area contributed by atoms with E-state index in [0.717, 1.165) is 12.8 Å². The van der Waals surface area contributed by atoms with Crippen LogP contribution in [0.1, 0.15) is 18.5 Å². The van der Waals surface area contributed by atoms with Crippen molar-refractivity contribution in [1.82, 2.24) is 4.98 Å². The summed E-state index contributed by atoms with van der Waals surface area (Å²) in [4.78, 5) is 14.1. The smallest absolute Gasteiger partial charge is 0.294 e. The fourth-order valence-corrected chi connectivity index (χ4v) is 1.47. The summed E-state index contributed by atoms with van der Waals surface area (Å²) in [6.07, 6.45) is 2.86. The lowest BCUT2D eigenvalue weighted by Crippen LogP contribution is -2.21. The first-order chi connectivity index (χ1) is 6.53. The number of aromatic nitrogens is 1. The molecule has 0 bridgehead atoms. The van der Waals surface area contributed by atoms with Gasteiger partial charge in [0.15, 0.2) is 0 Å². The third-order valence-corrected chi connectivity index (χ3v) is 2.50. The Kier molecular flexibility index (Phi) is 1.94. The Balaban J connectivity index is 2.54. The van der Waals surface area contributed by atoms with E-state index in [1.807, 2.05) is 0 Å². The first-order valence-electron chi connectivity index (χ1n) is 4.12. The lowest BCUT2D eigenvalue weighted by molar-refractivity contribution is -0.386. The molecule has 1 aromatic rings. The molecule has 2 N–H and O–H groups in total. The Bertz CT molecular complexity index is 404. The quantitative estimate of drug-likeness (QED) is 0.598. The van der Waals surface area contributed by atoms with Gasteiger partial charge in [0.05, 0.1) is 15.5 Å². The molecule has 2 rings (SSSR count). The van der Waals surface area contributed by atoms with E-state index in [1.54, 1.807) is 0 Å². The molecule has 1 heterocycles. The zero-order valence-corrected chi connectivity index (χ0v) is 7.99. The zero-order valence-electron chi connectivity index (χ0n) is 7.24. The van der Waals surface area contributed by atoms with Crippen molar-refractivity contribution in [3.63, 3.8) is 0 Å². The van der Waals surface area contributed by atoms with Gasteiger partial charge in [-0.3, -0.25) is 15.1 Å². The lowest BCUT2D eigenvalue weighted by atomic mass is 10.1. The molecule has 0 unspecified atom stereocenters. The predicted molar refractivity (Wildman–Crippen MR) is 51.0 cm³/mol. The van der Waals surface area contributed by atoms with Crippen LogP contribution in [0.4, 0.5) is 5.69 Å². The number of hydrogen-bond donors (Lipinski definition) is 1. The highest BCUT2D eigenvalue weighted by atomic mass is 35.5. The van der Waals surface area contributed by atoms with Crippen LogP contribution in [0.5, 0.6) is 0 Å². The number of nitro groups is 1. The van der Waals surface area contributed by atoms with E-state index >= 15 is 0 Å². The molecule has 1 aliphatic rings. The molecule has 74 valence electrons. The highest BCUT2D eigenvalue weighted by molar-refractivity contribution is 6.30. The standard InChI is InChI=1S/C8H8ClN3O2/c9-5-3-6(12(13)14)7(11-4-5)8(10)1-2-8/h3-4H,1-2,10H2. The normalized spacial score (nSPS) is 17.9. The number of nitrogens with zero attached hydrogens (tertiary/aromatic N) is 2. The molecular formula is C8H8ClN3O2. The number of halogens is 1. The molecule has 0 radical (unpaired) electrons. The Morgan fingerprint density at radius 2 is 2.29 bits per heavy atom. The van der Waals surface area contributed by atoms with Crippen molar-refractivity contribution < 1.29 is 4.92 Å². The van der Waals surface area contributed by atoms with Crippen molar-refractivity contribution in [3.8, 4) is 0 Å². The first-order valence-corrected chi connectivity index (χ1v) is 4.50. The van der Waals surface area contributed by atoms with Gasteiger partial charge in [-0.1, -0.05) is 11.6 Å². The summed E-state index contributed by atoms with van der Waals surface area (Å²) in [5, 5.41) is 11.0. The molecule has 14 heavy (non-hydrogen) atoms. The molecule has 1 saturated carbocycles. The molecule has 1 fully saturated rings. The van der Waals surface area contributed by atoms with Crippen molar-refractivity contribution in [2.45, 2.75) is 18.4 Å². The third-order valence-electron chi connectivity index (χ3n) is 2.29. The molecule has 6 heteroatoms. The van der Waals surface area contributed by atoms with Gasteiger partial charge in [-0.15, -0.1) is 0 Å². The first kappa shape index (κ1) is 9.36. The minimum atomic E-state index is -0.604. The molecule has 0 aromatic carbocycles. The highest BCUT2D eigenvalue weighted by Crippen LogP contribution is 2.45. The average Bonchev–Trinajstić information content (AvgIpc) is 2.84. The Morgan fingerprint density at radius 1 is 1.64 bits per heavy atom. The number of hydrogen-bond acceptors (Lipinski definition) is 4. The van der Waals surface area contributed by atoms with E-state index in [-0.39, 0.29) is 10.7 Å². The van der Waals surface area contributed by atoms with E-state index in [4.69, 9.17) is 17.3 Å². The minimum Gasteiger partial charge on any atom is -0.320 e. The van der Waals surface area contributed by atoms with E-state index < -0.39 is 10.5 Å². The van der Waals surface area contributed by atoms with Gasteiger partial charge in [0.2, 0.25) is 0 Å². The molecule has 0 spiro atoms. The second-order valence-electron chi connectivity index (χ2n) is 3.43. The largest absolute Gasteiger partial charge is 0.320 e. The van der Waals surface area contributed by atoms with Crippen LogP contribution in [0.25, 0.3) is 0 Å². The number of rotatable bonds is 2. The second-order valence-corrected chi connectivity index (χ2v) is 3.87. The van der Waals surface area contributed by atoms with Crippen LogP contribution in [0.3, 0.4) is 0 Å². The minimum absolute atomic E-state index is 0.0856. The average molecular weight is 214 g/mol. The van der Waals surface area contributed by atoms with Gasteiger partial charge in [-0.05, 0) is 12.8 Å². The Morgan fingerprint density at radius 3 is 2.79 bits per heavy atom. The number of pyridine rings is 1. The van der Waals surface area contributed by atoms with Crippen LogP contribution in [0, 0.1) is 10.1 Å². The molecule has 0 saturated heterocycles. The van der Waals surface area contributed by atoms with Crippen molar-refractivity contribution >= 4 is 17.3 Å². The monoisotopic (exact) mass is 213 g/mol. The van der Waals surface area contributed by atoms with Crippen LogP contribution in [-0.4, -0.2) is 9.91 Å². The van der Waals surface area contributed by atoms with Crippen molar-refractivity contribution in [2.75, 3.05) is 0 Å². The summed E-state index contributed by atoms with van der Waals surface area (Å²) in [6.45, 7) is 0. The molecule has 1 aromatic heterocycles. The molecule has 5 nitrogen and oxygen atoms in total. The van der Waals surface area contributed by atoms with Gasteiger partial charge in [-0.2, -0.15) is 0 Å². The summed E-state index contributed by atoms with van der Waals surface area (Å²) < 4.78 is 0. The fourth-order valence-electron chi connectivity index (χ4n) is 1.32. The van der Waals surface area contributed by atoms with Crippen molar-refractivity contribution in [2.24, 2.45) is 5.73 Å². The van der Waals surface area contributed by atoms with Crippen LogP contribution in [0.15, 0.2) is 12.3 Å². The summed E-state index contributed by atoms with van der Waals surface area (Å²) in [5.41, 5.74) is 5.50. The van der Waals surface area contributed by atoms with Crippen LogP contribution < -0.4 is 5.73 Å². The highest BCUT2D eigenvalue weighted by Gasteiger charge is 2.46. The topological polar surface area (TPSA) is 82.0 Å². The van der Waals surface area contributed by atoms with Gasteiger partial charge in [0.1, 0.15) is 5.69 Å². The Hall–Kier alpha value is -1.20. The molecule has 1 aliphatic carbocycles. The predicted octanol–water partition coefficient (Wildman–Crippen LogP) is 1.59. The third kappa shape index (κ3) is 1.44. The van der Waals surface area contributed by atoms with Gasteiger partial charge in [0, 0.05) is 12.3 Å². The van der Waals surface area contributed by atoms with Crippen molar-refractivity contribution in [3.05, 3.63) is 33.1 Å². The van der Waals surface area contributed by atoms with E-state index in [9.17, 15) is 10.1 Å². The van der Waals surface area contributed by atoms with Crippen LogP contribution >= 0.6 is 11.6 Å². The summed E-state index contributed by atoms with van der Waals surface area (Å²) >= 11 is 5.62. The zero-order chi connectivity index (χ0) is 10.3. The molecule has 0 aliphatic heterocycles. The fraction of sp³-hybridized carbons (Fsp3) is 0.375. The molecule has 0 atom stereocenters. The van der Waals surface area contributed by atoms with Gasteiger partial charge < -0.3 is 5.73 Å². The Labute approximate surface area is 85.0 Å². The summed E-state index contributed by atoms with van der Waals surface area (Å²) in [5.74, 6) is 0. The maximum absolute atomic E-state index is 10.7. The summed E-state index contributed by atoms with van der Waals surface area (Å²) in [6, 6.07) is 1.29. The SMILES string of the molecule is NC1(c2ncc(Cl)cc2[N+](=O)[O-])CC1. The van der Waals surface area contributed by atoms with E-state index in [1.165, 1.54) is 12.3 Å². The number of nitrogens with two attached hydrogens (primary N) is 1. The maximum Gasteiger partial charge on any atom is 0.294 e. The van der Waals surface area contributed by atoms with Crippen molar-refractivity contribution in [1.29, 1.82) is 0 Å². The van der Waals surface area contributed by atoms with Crippen LogP contribution in [-0.2, 0) is 5.54 Å². The second kappa shape index (κ2) is 2.90. The van der Waals surface area contributed by atoms with Gasteiger partial charge in [0.25, 0.3) is 5.69 Å². The van der Waals surface area contributed by atoms with Gasteiger partial charge >= 0.3 is 0 Å². The van der Waals surface area contributed by atoms with E-state index in [2.05, 4.69) is 4.98 Å².